The third-order valence-corrected chi connectivity index (χ3v) is 3.79. The van der Waals surface area contributed by atoms with Crippen molar-refractivity contribution in [2.75, 3.05) is 0 Å². The largest absolute Gasteiger partial charge is 0.218 e. The number of benzene rings is 1. The van der Waals surface area contributed by atoms with Gasteiger partial charge >= 0.3 is 0 Å². The maximum absolute atomic E-state index is 6.06. The molecule has 0 aliphatic rings. The molecule has 0 aliphatic heterocycles. The number of thiocarbonyl (C=S) groups is 1. The fourth-order valence-electron chi connectivity index (χ4n) is 1.64. The van der Waals surface area contributed by atoms with Crippen molar-refractivity contribution < 1.29 is 0 Å². The van der Waals surface area contributed by atoms with Crippen molar-refractivity contribution in [1.29, 1.82) is 0 Å². The van der Waals surface area contributed by atoms with Crippen LogP contribution in [0.25, 0.3) is 0 Å². The van der Waals surface area contributed by atoms with E-state index in [9.17, 15) is 0 Å². The van der Waals surface area contributed by atoms with Crippen molar-refractivity contribution in [3.05, 3.63) is 39.6 Å². The molecule has 0 unspecified atom stereocenters. The van der Waals surface area contributed by atoms with Gasteiger partial charge in [0.05, 0.1) is 21.4 Å². The van der Waals surface area contributed by atoms with Gasteiger partial charge in [-0.1, -0.05) is 41.5 Å². The lowest BCUT2D eigenvalue weighted by atomic mass is 10.3. The van der Waals surface area contributed by atoms with Crippen molar-refractivity contribution in [2.24, 2.45) is 10.2 Å². The molecule has 0 spiro atoms. The second-order valence-corrected chi connectivity index (χ2v) is 5.88. The van der Waals surface area contributed by atoms with E-state index in [1.54, 1.807) is 18.2 Å². The molecule has 1 aromatic carbocycles. The molecular weight excluding hydrogens is 335 g/mol. The number of aromatic nitrogens is 2. The van der Waals surface area contributed by atoms with Crippen LogP contribution in [0.4, 0.5) is 11.4 Å². The summed E-state index contributed by atoms with van der Waals surface area (Å²) in [6, 6.07) is 5.18. The summed E-state index contributed by atoms with van der Waals surface area (Å²) in [5.74, 6) is 0. The number of hydrogen-bond acceptors (Lipinski definition) is 4. The lowest BCUT2D eigenvalue weighted by molar-refractivity contribution is 0.906. The van der Waals surface area contributed by atoms with E-state index in [0.29, 0.717) is 31.4 Å². The Bertz CT molecular complexity index is 710. The molecule has 0 saturated heterocycles. The van der Waals surface area contributed by atoms with Crippen LogP contribution >= 0.6 is 48.0 Å². The van der Waals surface area contributed by atoms with E-state index in [4.69, 9.17) is 35.4 Å². The van der Waals surface area contributed by atoms with Gasteiger partial charge < -0.3 is 0 Å². The predicted molar refractivity (Wildman–Crippen MR) is 89.3 cm³/mol. The summed E-state index contributed by atoms with van der Waals surface area (Å²) in [5.41, 5.74) is 2.61. The van der Waals surface area contributed by atoms with Gasteiger partial charge in [0.2, 0.25) is 0 Å². The third-order valence-electron chi connectivity index (χ3n) is 2.62. The summed E-state index contributed by atoms with van der Waals surface area (Å²) in [5, 5.41) is 13.4. The molecule has 0 bridgehead atoms. The Balaban J connectivity index is 2.42. The van der Waals surface area contributed by atoms with Gasteiger partial charge in [0, 0.05) is 0 Å². The van der Waals surface area contributed by atoms with Gasteiger partial charge in [0.1, 0.15) is 11.4 Å². The van der Waals surface area contributed by atoms with Gasteiger partial charge in [0.25, 0.3) is 0 Å². The zero-order valence-corrected chi connectivity index (χ0v) is 13.9. The molecule has 0 aliphatic carbocycles. The van der Waals surface area contributed by atoms with Gasteiger partial charge in [-0.2, -0.15) is 5.10 Å². The molecule has 2 aromatic rings. The van der Waals surface area contributed by atoms with Crippen LogP contribution in [0.2, 0.25) is 10.0 Å². The maximum atomic E-state index is 6.06. The van der Waals surface area contributed by atoms with E-state index >= 15 is 0 Å². The highest BCUT2D eigenvalue weighted by Crippen LogP contribution is 2.33. The van der Waals surface area contributed by atoms with E-state index < -0.39 is 0 Å². The number of nitrogens with zero attached hydrogens (tertiary/aromatic N) is 4. The lowest BCUT2D eigenvalue weighted by Gasteiger charge is -1.99. The molecule has 0 fully saturated rings. The molecule has 0 radical (unpaired) electrons. The van der Waals surface area contributed by atoms with Gasteiger partial charge in [0.15, 0.2) is 4.32 Å². The highest BCUT2D eigenvalue weighted by Gasteiger charge is 2.12. The summed E-state index contributed by atoms with van der Waals surface area (Å²) < 4.78 is 1.88. The highest BCUT2D eigenvalue weighted by molar-refractivity contribution is 8.11. The molecule has 8 heteroatoms. The summed E-state index contributed by atoms with van der Waals surface area (Å²) in [4.78, 5) is 0. The molecule has 2 rings (SSSR count). The number of halogens is 2. The Hall–Kier alpha value is -0.950. The monoisotopic (exact) mass is 344 g/mol. The molecular formula is C12H10Cl2N4S2. The SMILES string of the molecule is Cc1nn(C(=S)S)c(C)c1N=Nc1cccc(Cl)c1Cl. The first-order valence-corrected chi connectivity index (χ1v) is 7.18. The van der Waals surface area contributed by atoms with Crippen LogP contribution in [0.3, 0.4) is 0 Å². The molecule has 1 aromatic heterocycles. The molecule has 0 atom stereocenters. The Kier molecular flexibility index (Phi) is 4.80. The number of aryl methyl sites for hydroxylation is 1. The van der Waals surface area contributed by atoms with Gasteiger partial charge in [-0.25, -0.2) is 4.68 Å². The zero-order chi connectivity index (χ0) is 14.9. The second-order valence-electron chi connectivity index (χ2n) is 3.99. The molecule has 104 valence electrons. The first-order valence-electron chi connectivity index (χ1n) is 5.57. The highest BCUT2D eigenvalue weighted by atomic mass is 35.5. The molecule has 0 N–H and O–H groups in total. The van der Waals surface area contributed by atoms with Crippen LogP contribution < -0.4 is 0 Å². The fraction of sp³-hybridized carbons (Fsp3) is 0.167. The number of hydrogen-bond donors (Lipinski definition) is 1. The van der Waals surface area contributed by atoms with Crippen molar-refractivity contribution in [1.82, 2.24) is 9.78 Å². The van der Waals surface area contributed by atoms with Crippen molar-refractivity contribution in [3.63, 3.8) is 0 Å². The van der Waals surface area contributed by atoms with Gasteiger partial charge in [-0.3, -0.25) is 0 Å². The summed E-state index contributed by atoms with van der Waals surface area (Å²) in [6.07, 6.45) is 0. The Morgan fingerprint density at radius 2 is 2.00 bits per heavy atom. The number of thiol groups is 1. The van der Waals surface area contributed by atoms with Gasteiger partial charge in [-0.15, -0.1) is 22.9 Å². The number of azo groups is 1. The molecule has 4 nitrogen and oxygen atoms in total. The van der Waals surface area contributed by atoms with Crippen LogP contribution in [-0.4, -0.2) is 14.1 Å². The minimum atomic E-state index is 0.354. The van der Waals surface area contributed by atoms with Crippen LogP contribution in [0.15, 0.2) is 28.4 Å². The van der Waals surface area contributed by atoms with E-state index in [2.05, 4.69) is 28.0 Å². The predicted octanol–water partition coefficient (Wildman–Crippen LogP) is 5.28. The Morgan fingerprint density at radius 1 is 1.30 bits per heavy atom. The zero-order valence-electron chi connectivity index (χ0n) is 10.6. The maximum Gasteiger partial charge on any atom is 0.158 e. The second kappa shape index (κ2) is 6.22. The van der Waals surface area contributed by atoms with Crippen LogP contribution in [0.1, 0.15) is 11.4 Å². The standard InChI is InChI=1S/C12H10Cl2N4S2/c1-6-11(7(2)18(17-6)12(19)20)16-15-9-5-3-4-8(13)10(9)14/h3-5H,1-2H3,(H,19,20). The molecule has 20 heavy (non-hydrogen) atoms. The average Bonchev–Trinajstić information content (AvgIpc) is 2.67. The smallest absolute Gasteiger partial charge is 0.158 e. The topological polar surface area (TPSA) is 42.5 Å². The van der Waals surface area contributed by atoms with E-state index in [0.717, 1.165) is 5.69 Å². The minimum Gasteiger partial charge on any atom is -0.218 e. The molecule has 1 heterocycles. The molecule has 0 saturated carbocycles. The quantitative estimate of drug-likeness (QED) is 0.457. The fourth-order valence-corrected chi connectivity index (χ4v) is 2.34. The van der Waals surface area contributed by atoms with Crippen LogP contribution in [0.5, 0.6) is 0 Å². The third kappa shape index (κ3) is 3.03. The molecule has 0 amide bonds. The summed E-state index contributed by atoms with van der Waals surface area (Å²) >= 11 is 21.1. The van der Waals surface area contributed by atoms with Crippen molar-refractivity contribution >= 4 is 63.7 Å². The van der Waals surface area contributed by atoms with E-state index in [1.807, 2.05) is 13.8 Å². The lowest BCUT2D eigenvalue weighted by Crippen LogP contribution is -2.05. The van der Waals surface area contributed by atoms with E-state index in [-0.39, 0.29) is 0 Å². The van der Waals surface area contributed by atoms with Crippen molar-refractivity contribution in [2.45, 2.75) is 13.8 Å². The first-order chi connectivity index (χ1) is 9.41. The summed E-state index contributed by atoms with van der Waals surface area (Å²) in [6.45, 7) is 3.67. The number of rotatable bonds is 2. The van der Waals surface area contributed by atoms with Gasteiger partial charge in [-0.05, 0) is 26.0 Å². The average molecular weight is 345 g/mol. The first kappa shape index (κ1) is 15.4. The Morgan fingerprint density at radius 3 is 2.60 bits per heavy atom. The Labute approximate surface area is 137 Å². The van der Waals surface area contributed by atoms with Crippen LogP contribution in [0, 0.1) is 13.8 Å². The minimum absolute atomic E-state index is 0.354. The van der Waals surface area contributed by atoms with E-state index in [1.165, 1.54) is 4.68 Å². The summed E-state index contributed by atoms with van der Waals surface area (Å²) in [7, 11) is 0. The van der Waals surface area contributed by atoms with Crippen molar-refractivity contribution in [3.8, 4) is 0 Å². The van der Waals surface area contributed by atoms with Crippen LogP contribution in [-0.2, 0) is 0 Å². The normalized spacial score (nSPS) is 11.2.